The van der Waals surface area contributed by atoms with E-state index in [2.05, 4.69) is 10.5 Å². The summed E-state index contributed by atoms with van der Waals surface area (Å²) < 4.78 is 30.1. The molecule has 0 spiro atoms. The zero-order valence-electron chi connectivity index (χ0n) is 23.9. The van der Waals surface area contributed by atoms with E-state index >= 15 is 0 Å². The van der Waals surface area contributed by atoms with Crippen LogP contribution in [0.15, 0.2) is 82.9 Å². The fourth-order valence-corrected chi connectivity index (χ4v) is 7.63. The largest absolute Gasteiger partial charge is 0.273 e. The van der Waals surface area contributed by atoms with E-state index in [1.54, 1.807) is 10.9 Å². The van der Waals surface area contributed by atoms with Gasteiger partial charge in [0.2, 0.25) is 15.9 Å². The minimum absolute atomic E-state index is 0.226. The Bertz CT molecular complexity index is 1700. The van der Waals surface area contributed by atoms with Gasteiger partial charge in [0.15, 0.2) is 0 Å². The number of hydrogen-bond acceptors (Lipinski definition) is 5. The number of amides is 1. The molecule has 1 amide bonds. The van der Waals surface area contributed by atoms with Crippen LogP contribution >= 0.6 is 11.6 Å². The molecule has 5 rings (SSSR count). The number of carbonyl (C=O) groups excluding carboxylic acids is 1. The number of rotatable bonds is 8. The number of nitrogens with zero attached hydrogens (tertiary/aromatic N) is 4. The molecule has 2 heterocycles. The maximum Gasteiger partial charge on any atom is 0.243 e. The van der Waals surface area contributed by atoms with Crippen LogP contribution < -0.4 is 5.43 Å². The summed E-state index contributed by atoms with van der Waals surface area (Å²) in [6, 6.07) is 21.2. The molecule has 1 aromatic heterocycles. The molecule has 1 aliphatic rings. The molecule has 0 aliphatic carbocycles. The van der Waals surface area contributed by atoms with Gasteiger partial charge in [-0.3, -0.25) is 9.48 Å². The van der Waals surface area contributed by atoms with E-state index in [-0.39, 0.29) is 24.9 Å². The summed E-state index contributed by atoms with van der Waals surface area (Å²) in [5.74, 6) is -0.555. The molecule has 42 heavy (non-hydrogen) atoms. The lowest BCUT2D eigenvalue weighted by atomic mass is 9.98. The second-order valence-electron chi connectivity index (χ2n) is 10.7. The third-order valence-corrected chi connectivity index (χ3v) is 10.1. The first-order chi connectivity index (χ1) is 20.1. The second kappa shape index (κ2) is 12.6. The molecule has 8 nitrogen and oxygen atoms in total. The van der Waals surface area contributed by atoms with E-state index in [9.17, 15) is 13.2 Å². The Balaban J connectivity index is 1.25. The van der Waals surface area contributed by atoms with Crippen molar-refractivity contribution < 1.29 is 13.2 Å². The minimum Gasteiger partial charge on any atom is -0.273 e. The normalized spacial score (nSPS) is 14.9. The molecule has 1 aliphatic heterocycles. The number of sulfonamides is 1. The summed E-state index contributed by atoms with van der Waals surface area (Å²) in [5.41, 5.74) is 8.53. The molecule has 0 saturated carbocycles. The van der Waals surface area contributed by atoms with Gasteiger partial charge in [-0.05, 0) is 56.4 Å². The quantitative estimate of drug-likeness (QED) is 0.206. The van der Waals surface area contributed by atoms with Gasteiger partial charge in [-0.2, -0.15) is 14.5 Å². The first kappa shape index (κ1) is 29.7. The van der Waals surface area contributed by atoms with Crippen molar-refractivity contribution in [2.75, 3.05) is 13.1 Å². The Morgan fingerprint density at radius 1 is 1.02 bits per heavy atom. The Hall–Kier alpha value is -3.79. The van der Waals surface area contributed by atoms with E-state index in [0.717, 1.165) is 39.1 Å². The number of benzene rings is 3. The molecule has 1 saturated heterocycles. The van der Waals surface area contributed by atoms with E-state index in [0.29, 0.717) is 29.3 Å². The molecule has 10 heteroatoms. The van der Waals surface area contributed by atoms with Crippen molar-refractivity contribution in [3.8, 4) is 11.3 Å². The lowest BCUT2D eigenvalue weighted by Crippen LogP contribution is -2.42. The highest BCUT2D eigenvalue weighted by Crippen LogP contribution is 2.29. The van der Waals surface area contributed by atoms with Gasteiger partial charge < -0.3 is 0 Å². The average Bonchev–Trinajstić information content (AvgIpc) is 3.36. The van der Waals surface area contributed by atoms with E-state index < -0.39 is 10.0 Å². The third kappa shape index (κ3) is 6.48. The minimum atomic E-state index is -3.64. The molecular formula is C32H34ClN5O3S. The molecule has 0 bridgehead atoms. The summed E-state index contributed by atoms with van der Waals surface area (Å²) in [7, 11) is -3.64. The van der Waals surface area contributed by atoms with Gasteiger partial charge in [0, 0.05) is 41.4 Å². The predicted molar refractivity (Wildman–Crippen MR) is 166 cm³/mol. The van der Waals surface area contributed by atoms with Crippen molar-refractivity contribution in [2.24, 2.45) is 11.0 Å². The molecular weight excluding hydrogens is 570 g/mol. The van der Waals surface area contributed by atoms with E-state index in [4.69, 9.17) is 16.7 Å². The first-order valence-corrected chi connectivity index (χ1v) is 15.7. The molecule has 1 N–H and O–H groups in total. The fourth-order valence-electron chi connectivity index (χ4n) is 5.55. The summed E-state index contributed by atoms with van der Waals surface area (Å²) >= 11 is 6.36. The van der Waals surface area contributed by atoms with Gasteiger partial charge >= 0.3 is 0 Å². The number of hydrazone groups is 1. The topological polar surface area (TPSA) is 96.7 Å². The van der Waals surface area contributed by atoms with Crippen molar-refractivity contribution in [3.63, 3.8) is 0 Å². The lowest BCUT2D eigenvalue weighted by molar-refractivity contribution is -0.126. The Morgan fingerprint density at radius 2 is 1.67 bits per heavy atom. The van der Waals surface area contributed by atoms with Crippen molar-refractivity contribution in [3.05, 3.63) is 106 Å². The summed E-state index contributed by atoms with van der Waals surface area (Å²) in [5, 5.41) is 9.69. The standard InChI is InChI=1S/C32H34ClN5O3S/c1-22-17-23(2)31(24(3)18-22)42(40,41)38-15-13-26(14-16-38)32(39)35-34-19-28-21-37(20-27-11-7-8-12-29(27)33)36-30(28)25-9-5-4-6-10-25/h4-12,17-19,21,26H,13-16,20H2,1-3H3,(H,35,39)/b34-19+. The van der Waals surface area contributed by atoms with Crippen LogP contribution in [0.25, 0.3) is 11.3 Å². The Morgan fingerprint density at radius 3 is 2.33 bits per heavy atom. The summed E-state index contributed by atoms with van der Waals surface area (Å²) in [6.45, 7) is 6.67. The number of aromatic nitrogens is 2. The zero-order chi connectivity index (χ0) is 29.9. The van der Waals surface area contributed by atoms with Gasteiger partial charge in [-0.1, -0.05) is 77.8 Å². The van der Waals surface area contributed by atoms with Crippen molar-refractivity contribution in [1.29, 1.82) is 0 Å². The number of carbonyl (C=O) groups is 1. The van der Waals surface area contributed by atoms with Crippen molar-refractivity contribution >= 4 is 33.7 Å². The van der Waals surface area contributed by atoms with E-state index in [1.165, 1.54) is 4.31 Å². The maximum absolute atomic E-state index is 13.4. The van der Waals surface area contributed by atoms with Crippen LogP contribution in [0.2, 0.25) is 5.02 Å². The van der Waals surface area contributed by atoms with Gasteiger partial charge in [-0.25, -0.2) is 13.8 Å². The highest BCUT2D eigenvalue weighted by Gasteiger charge is 2.33. The van der Waals surface area contributed by atoms with Crippen LogP contribution in [-0.4, -0.2) is 47.7 Å². The SMILES string of the molecule is Cc1cc(C)c(S(=O)(=O)N2CCC(C(=O)N/N=C/c3cn(Cc4ccccc4Cl)nc3-c3ccccc3)CC2)c(C)c1. The number of nitrogens with one attached hydrogen (secondary N) is 1. The molecule has 4 aromatic rings. The lowest BCUT2D eigenvalue weighted by Gasteiger charge is -2.31. The van der Waals surface area contributed by atoms with Crippen LogP contribution in [0.5, 0.6) is 0 Å². The number of piperidine rings is 1. The van der Waals surface area contributed by atoms with Crippen molar-refractivity contribution in [1.82, 2.24) is 19.5 Å². The van der Waals surface area contributed by atoms with Crippen LogP contribution in [-0.2, 0) is 21.4 Å². The first-order valence-electron chi connectivity index (χ1n) is 13.9. The number of halogens is 1. The smallest absolute Gasteiger partial charge is 0.243 e. The van der Waals surface area contributed by atoms with Crippen LogP contribution in [0, 0.1) is 26.7 Å². The number of aryl methyl sites for hydroxylation is 3. The highest BCUT2D eigenvalue weighted by molar-refractivity contribution is 7.89. The monoisotopic (exact) mass is 603 g/mol. The van der Waals surface area contributed by atoms with Gasteiger partial charge in [0.1, 0.15) is 5.69 Å². The van der Waals surface area contributed by atoms with Crippen LogP contribution in [0.3, 0.4) is 0 Å². The third-order valence-electron chi connectivity index (χ3n) is 7.53. The Kier molecular flexibility index (Phi) is 8.91. The van der Waals surface area contributed by atoms with Crippen LogP contribution in [0.1, 0.15) is 40.7 Å². The predicted octanol–water partition coefficient (Wildman–Crippen LogP) is 5.73. The summed E-state index contributed by atoms with van der Waals surface area (Å²) in [4.78, 5) is 13.3. The average molecular weight is 604 g/mol. The highest BCUT2D eigenvalue weighted by atomic mass is 35.5. The molecule has 0 radical (unpaired) electrons. The summed E-state index contributed by atoms with van der Waals surface area (Å²) in [6.07, 6.45) is 4.32. The maximum atomic E-state index is 13.4. The molecule has 1 fully saturated rings. The van der Waals surface area contributed by atoms with E-state index in [1.807, 2.05) is 93.7 Å². The van der Waals surface area contributed by atoms with Crippen LogP contribution in [0.4, 0.5) is 0 Å². The zero-order valence-corrected chi connectivity index (χ0v) is 25.5. The Labute approximate surface area is 252 Å². The van der Waals surface area contributed by atoms with Gasteiger partial charge in [-0.15, -0.1) is 0 Å². The fraction of sp³-hybridized carbons (Fsp3) is 0.281. The molecule has 218 valence electrons. The number of hydrogen-bond donors (Lipinski definition) is 1. The molecule has 3 aromatic carbocycles. The molecule has 0 unspecified atom stereocenters. The van der Waals surface area contributed by atoms with Gasteiger partial charge in [0.25, 0.3) is 0 Å². The van der Waals surface area contributed by atoms with Gasteiger partial charge in [0.05, 0.1) is 17.7 Å². The van der Waals surface area contributed by atoms with Crippen molar-refractivity contribution in [2.45, 2.75) is 45.1 Å². The second-order valence-corrected chi connectivity index (χ2v) is 13.0. The molecule has 0 atom stereocenters.